The van der Waals surface area contributed by atoms with Crippen LogP contribution in [0.5, 0.6) is 0 Å². The SMILES string of the molecule is C.CN1CCC2(CNC2)C1. The summed E-state index contributed by atoms with van der Waals surface area (Å²) in [7, 11) is 2.22. The Morgan fingerprint density at radius 2 is 2.10 bits per heavy atom. The summed E-state index contributed by atoms with van der Waals surface area (Å²) >= 11 is 0. The zero-order valence-electron chi connectivity index (χ0n) is 5.98. The van der Waals surface area contributed by atoms with Crippen molar-refractivity contribution in [3.8, 4) is 0 Å². The third-order valence-corrected chi connectivity index (χ3v) is 2.63. The topological polar surface area (TPSA) is 15.3 Å². The summed E-state index contributed by atoms with van der Waals surface area (Å²) in [5, 5.41) is 3.34. The molecule has 2 aliphatic heterocycles. The van der Waals surface area contributed by atoms with Crippen LogP contribution < -0.4 is 5.32 Å². The maximum atomic E-state index is 3.34. The molecular formula is C8H18N2. The van der Waals surface area contributed by atoms with Crippen LogP contribution in [-0.2, 0) is 0 Å². The molecule has 0 unspecified atom stereocenters. The van der Waals surface area contributed by atoms with E-state index in [1.54, 1.807) is 0 Å². The third kappa shape index (κ3) is 1.06. The summed E-state index contributed by atoms with van der Waals surface area (Å²) in [6.07, 6.45) is 1.41. The molecule has 1 N–H and O–H groups in total. The lowest BCUT2D eigenvalue weighted by Gasteiger charge is -2.38. The van der Waals surface area contributed by atoms with Gasteiger partial charge in [-0.2, -0.15) is 0 Å². The summed E-state index contributed by atoms with van der Waals surface area (Å²) in [5.41, 5.74) is 0.703. The Balaban J connectivity index is 0.000000500. The zero-order valence-corrected chi connectivity index (χ0v) is 5.98. The first-order valence-electron chi connectivity index (χ1n) is 3.70. The summed E-state index contributed by atoms with van der Waals surface area (Å²) in [5.74, 6) is 0. The van der Waals surface area contributed by atoms with Gasteiger partial charge in [-0.15, -0.1) is 0 Å². The largest absolute Gasteiger partial charge is 0.315 e. The first-order chi connectivity index (χ1) is 4.31. The number of rotatable bonds is 0. The van der Waals surface area contributed by atoms with E-state index in [9.17, 15) is 0 Å². The average molecular weight is 142 g/mol. The van der Waals surface area contributed by atoms with Crippen LogP contribution >= 0.6 is 0 Å². The summed E-state index contributed by atoms with van der Waals surface area (Å²) in [4.78, 5) is 2.43. The van der Waals surface area contributed by atoms with Gasteiger partial charge in [-0.25, -0.2) is 0 Å². The molecule has 2 rings (SSSR count). The lowest BCUT2D eigenvalue weighted by Crippen LogP contribution is -2.54. The lowest BCUT2D eigenvalue weighted by atomic mass is 9.81. The van der Waals surface area contributed by atoms with Gasteiger partial charge in [-0.05, 0) is 20.0 Å². The van der Waals surface area contributed by atoms with E-state index >= 15 is 0 Å². The van der Waals surface area contributed by atoms with Crippen molar-refractivity contribution >= 4 is 0 Å². The van der Waals surface area contributed by atoms with Crippen LogP contribution in [0.4, 0.5) is 0 Å². The van der Waals surface area contributed by atoms with Gasteiger partial charge in [0.05, 0.1) is 0 Å². The van der Waals surface area contributed by atoms with Gasteiger partial charge in [-0.3, -0.25) is 0 Å². The molecule has 0 amide bonds. The third-order valence-electron chi connectivity index (χ3n) is 2.63. The fraction of sp³-hybridized carbons (Fsp3) is 1.00. The monoisotopic (exact) mass is 142 g/mol. The highest BCUT2D eigenvalue weighted by molar-refractivity contribution is 4.98. The highest BCUT2D eigenvalue weighted by Gasteiger charge is 2.41. The molecule has 2 nitrogen and oxygen atoms in total. The van der Waals surface area contributed by atoms with Gasteiger partial charge in [0.25, 0.3) is 0 Å². The lowest BCUT2D eigenvalue weighted by molar-refractivity contribution is 0.177. The van der Waals surface area contributed by atoms with Gasteiger partial charge >= 0.3 is 0 Å². The van der Waals surface area contributed by atoms with Gasteiger partial charge in [0.2, 0.25) is 0 Å². The molecule has 0 aromatic heterocycles. The molecule has 2 heteroatoms. The first kappa shape index (κ1) is 8.02. The molecule has 0 radical (unpaired) electrons. The van der Waals surface area contributed by atoms with Crippen molar-refractivity contribution in [3.05, 3.63) is 0 Å². The number of nitrogens with one attached hydrogen (secondary N) is 1. The van der Waals surface area contributed by atoms with E-state index < -0.39 is 0 Å². The predicted octanol–water partition coefficient (Wildman–Crippen LogP) is 0.548. The van der Waals surface area contributed by atoms with E-state index in [4.69, 9.17) is 0 Å². The summed E-state index contributed by atoms with van der Waals surface area (Å²) in [6.45, 7) is 5.15. The van der Waals surface area contributed by atoms with Crippen molar-refractivity contribution < 1.29 is 0 Å². The van der Waals surface area contributed by atoms with Crippen LogP contribution in [0.25, 0.3) is 0 Å². The highest BCUT2D eigenvalue weighted by atomic mass is 15.2. The molecule has 1 spiro atoms. The van der Waals surface area contributed by atoms with Crippen molar-refractivity contribution in [2.45, 2.75) is 13.8 Å². The van der Waals surface area contributed by atoms with Gasteiger partial charge < -0.3 is 10.2 Å². The van der Waals surface area contributed by atoms with E-state index in [1.165, 1.54) is 32.6 Å². The summed E-state index contributed by atoms with van der Waals surface area (Å²) in [6, 6.07) is 0. The quantitative estimate of drug-likeness (QED) is 0.531. The van der Waals surface area contributed by atoms with Gasteiger partial charge in [-0.1, -0.05) is 7.43 Å². The average Bonchev–Trinajstić information content (AvgIpc) is 2.09. The minimum Gasteiger partial charge on any atom is -0.315 e. The Hall–Kier alpha value is -0.0800. The second-order valence-corrected chi connectivity index (χ2v) is 3.59. The minimum atomic E-state index is 0. The van der Waals surface area contributed by atoms with E-state index in [0.29, 0.717) is 5.41 Å². The number of hydrogen-bond donors (Lipinski definition) is 1. The van der Waals surface area contributed by atoms with Gasteiger partial charge in [0.15, 0.2) is 0 Å². The molecule has 10 heavy (non-hydrogen) atoms. The molecule has 2 fully saturated rings. The van der Waals surface area contributed by atoms with Crippen LogP contribution in [0, 0.1) is 5.41 Å². The normalized spacial score (nSPS) is 29.7. The molecular weight excluding hydrogens is 124 g/mol. The highest BCUT2D eigenvalue weighted by Crippen LogP contribution is 2.32. The van der Waals surface area contributed by atoms with Crippen molar-refractivity contribution in [1.82, 2.24) is 10.2 Å². The van der Waals surface area contributed by atoms with E-state index in [1.807, 2.05) is 0 Å². The molecule has 60 valence electrons. The Labute approximate surface area is 63.6 Å². The first-order valence-corrected chi connectivity index (χ1v) is 3.70. The fourth-order valence-electron chi connectivity index (χ4n) is 1.93. The molecule has 0 aliphatic carbocycles. The van der Waals surface area contributed by atoms with E-state index in [-0.39, 0.29) is 7.43 Å². The number of nitrogens with zero attached hydrogens (tertiary/aromatic N) is 1. The van der Waals surface area contributed by atoms with Crippen LogP contribution in [0.3, 0.4) is 0 Å². The Morgan fingerprint density at radius 1 is 1.40 bits per heavy atom. The van der Waals surface area contributed by atoms with Gasteiger partial charge in [0, 0.05) is 25.0 Å². The number of hydrogen-bond acceptors (Lipinski definition) is 2. The smallest absolute Gasteiger partial charge is 0.00917 e. The Morgan fingerprint density at radius 3 is 2.30 bits per heavy atom. The maximum absolute atomic E-state index is 3.34. The van der Waals surface area contributed by atoms with Crippen molar-refractivity contribution in [1.29, 1.82) is 0 Å². The van der Waals surface area contributed by atoms with Crippen molar-refractivity contribution in [2.75, 3.05) is 33.2 Å². The Kier molecular flexibility index (Phi) is 2.02. The molecule has 0 aromatic carbocycles. The molecule has 2 saturated heterocycles. The van der Waals surface area contributed by atoms with Crippen molar-refractivity contribution in [3.63, 3.8) is 0 Å². The van der Waals surface area contributed by atoms with Crippen LogP contribution in [0.15, 0.2) is 0 Å². The maximum Gasteiger partial charge on any atom is 0.00917 e. The molecule has 0 bridgehead atoms. The van der Waals surface area contributed by atoms with Crippen LogP contribution in [0.2, 0.25) is 0 Å². The van der Waals surface area contributed by atoms with E-state index in [0.717, 1.165) is 0 Å². The fourth-order valence-corrected chi connectivity index (χ4v) is 1.93. The zero-order chi connectivity index (χ0) is 6.32. The molecule has 0 atom stereocenters. The molecule has 0 aromatic rings. The predicted molar refractivity (Wildman–Crippen MR) is 44.1 cm³/mol. The Bertz CT molecular complexity index is 118. The number of likely N-dealkylation sites (tertiary alicyclic amines) is 1. The van der Waals surface area contributed by atoms with Crippen molar-refractivity contribution in [2.24, 2.45) is 5.41 Å². The summed E-state index contributed by atoms with van der Waals surface area (Å²) < 4.78 is 0. The second kappa shape index (κ2) is 2.51. The molecule has 2 heterocycles. The van der Waals surface area contributed by atoms with Gasteiger partial charge in [0.1, 0.15) is 0 Å². The second-order valence-electron chi connectivity index (χ2n) is 3.59. The molecule has 0 saturated carbocycles. The standard InChI is InChI=1S/C7H14N2.CH4/c1-9-3-2-7(6-9)4-8-5-7;/h8H,2-6H2,1H3;1H4. The van der Waals surface area contributed by atoms with Crippen LogP contribution in [0.1, 0.15) is 13.8 Å². The van der Waals surface area contributed by atoms with E-state index in [2.05, 4.69) is 17.3 Å². The minimum absolute atomic E-state index is 0. The van der Waals surface area contributed by atoms with Crippen LogP contribution in [-0.4, -0.2) is 38.1 Å². The molecule has 2 aliphatic rings.